The average Bonchev–Trinajstić information content (AvgIpc) is 2.97. The van der Waals surface area contributed by atoms with Gasteiger partial charge in [0.2, 0.25) is 0 Å². The minimum atomic E-state index is 0.470. The molecule has 1 aliphatic rings. The smallest absolute Gasteiger partial charge is 0.0702 e. The largest absolute Gasteiger partial charge is 0.377 e. The van der Waals surface area contributed by atoms with Gasteiger partial charge in [0.1, 0.15) is 0 Å². The zero-order chi connectivity index (χ0) is 14.8. The maximum Gasteiger partial charge on any atom is 0.0702 e. The highest BCUT2D eigenvalue weighted by atomic mass is 16.5. The van der Waals surface area contributed by atoms with E-state index in [1.165, 1.54) is 38.5 Å². The SMILES string of the molecule is CCCNC(CCC)C(CC)N(CC)CC1CCCO1. The first-order chi connectivity index (χ1) is 9.76. The van der Waals surface area contributed by atoms with Crippen molar-refractivity contribution in [3.63, 3.8) is 0 Å². The third-order valence-corrected chi connectivity index (χ3v) is 4.48. The quantitative estimate of drug-likeness (QED) is 0.629. The van der Waals surface area contributed by atoms with Crippen LogP contribution in [0.1, 0.15) is 66.2 Å². The van der Waals surface area contributed by atoms with E-state index in [1.807, 2.05) is 0 Å². The molecule has 0 aromatic rings. The Morgan fingerprint density at radius 2 is 2.00 bits per heavy atom. The number of nitrogens with zero attached hydrogens (tertiary/aromatic N) is 1. The zero-order valence-electron chi connectivity index (χ0n) is 14.2. The summed E-state index contributed by atoms with van der Waals surface area (Å²) in [4.78, 5) is 2.65. The molecule has 0 amide bonds. The molecule has 1 N–H and O–H groups in total. The van der Waals surface area contributed by atoms with Gasteiger partial charge in [-0.25, -0.2) is 0 Å². The van der Waals surface area contributed by atoms with Crippen LogP contribution >= 0.6 is 0 Å². The van der Waals surface area contributed by atoms with E-state index in [4.69, 9.17) is 4.74 Å². The Kier molecular flexibility index (Phi) is 9.49. The summed E-state index contributed by atoms with van der Waals surface area (Å²) in [6.45, 7) is 13.5. The van der Waals surface area contributed by atoms with Crippen molar-refractivity contribution in [2.24, 2.45) is 0 Å². The molecule has 3 heteroatoms. The molecule has 0 spiro atoms. The third-order valence-electron chi connectivity index (χ3n) is 4.48. The van der Waals surface area contributed by atoms with Crippen LogP contribution in [0.3, 0.4) is 0 Å². The predicted molar refractivity (Wildman–Crippen MR) is 87.3 cm³/mol. The van der Waals surface area contributed by atoms with Crippen molar-refractivity contribution in [3.8, 4) is 0 Å². The minimum absolute atomic E-state index is 0.470. The van der Waals surface area contributed by atoms with E-state index in [1.54, 1.807) is 0 Å². The van der Waals surface area contributed by atoms with Crippen molar-refractivity contribution in [2.45, 2.75) is 84.4 Å². The molecule has 0 radical (unpaired) electrons. The zero-order valence-corrected chi connectivity index (χ0v) is 14.2. The second-order valence-electron chi connectivity index (χ2n) is 6.05. The Labute approximate surface area is 126 Å². The summed E-state index contributed by atoms with van der Waals surface area (Å²) in [6.07, 6.45) is 7.93. The predicted octanol–water partition coefficient (Wildman–Crippen LogP) is 3.43. The Hall–Kier alpha value is -0.120. The van der Waals surface area contributed by atoms with Crippen LogP contribution < -0.4 is 5.32 Å². The fraction of sp³-hybridized carbons (Fsp3) is 1.00. The molecule has 3 atom stereocenters. The van der Waals surface area contributed by atoms with Gasteiger partial charge in [-0.2, -0.15) is 0 Å². The maximum absolute atomic E-state index is 5.84. The summed E-state index contributed by atoms with van der Waals surface area (Å²) in [6, 6.07) is 1.28. The van der Waals surface area contributed by atoms with Gasteiger partial charge in [-0.15, -0.1) is 0 Å². The van der Waals surface area contributed by atoms with Gasteiger partial charge in [0.15, 0.2) is 0 Å². The number of hydrogen-bond donors (Lipinski definition) is 1. The van der Waals surface area contributed by atoms with Crippen LogP contribution in [0.15, 0.2) is 0 Å². The molecule has 120 valence electrons. The van der Waals surface area contributed by atoms with Gasteiger partial charge < -0.3 is 10.1 Å². The first-order valence-corrected chi connectivity index (χ1v) is 8.85. The van der Waals surface area contributed by atoms with Crippen molar-refractivity contribution >= 4 is 0 Å². The second-order valence-corrected chi connectivity index (χ2v) is 6.05. The molecule has 20 heavy (non-hydrogen) atoms. The van der Waals surface area contributed by atoms with E-state index in [9.17, 15) is 0 Å². The summed E-state index contributed by atoms with van der Waals surface area (Å²) in [5.74, 6) is 0. The molecule has 3 unspecified atom stereocenters. The lowest BCUT2D eigenvalue weighted by atomic mass is 9.98. The number of hydrogen-bond acceptors (Lipinski definition) is 3. The minimum Gasteiger partial charge on any atom is -0.377 e. The lowest BCUT2D eigenvalue weighted by molar-refractivity contribution is 0.0486. The van der Waals surface area contributed by atoms with Crippen molar-refractivity contribution < 1.29 is 4.74 Å². The average molecular weight is 284 g/mol. The van der Waals surface area contributed by atoms with Crippen molar-refractivity contribution in [1.82, 2.24) is 10.2 Å². The van der Waals surface area contributed by atoms with E-state index in [0.717, 1.165) is 26.2 Å². The molecule has 3 nitrogen and oxygen atoms in total. The maximum atomic E-state index is 5.84. The highest BCUT2D eigenvalue weighted by Crippen LogP contribution is 2.19. The molecule has 0 aromatic heterocycles. The van der Waals surface area contributed by atoms with Crippen LogP contribution in [0.25, 0.3) is 0 Å². The number of nitrogens with one attached hydrogen (secondary N) is 1. The number of likely N-dealkylation sites (N-methyl/N-ethyl adjacent to an activating group) is 1. The summed E-state index contributed by atoms with van der Waals surface area (Å²) in [7, 11) is 0. The van der Waals surface area contributed by atoms with E-state index >= 15 is 0 Å². The van der Waals surface area contributed by atoms with Gasteiger partial charge in [0, 0.05) is 25.2 Å². The Balaban J connectivity index is 2.60. The normalized spacial score (nSPS) is 22.4. The first-order valence-electron chi connectivity index (χ1n) is 8.85. The number of ether oxygens (including phenoxy) is 1. The monoisotopic (exact) mass is 284 g/mol. The lowest BCUT2D eigenvalue weighted by Crippen LogP contribution is -2.51. The fourth-order valence-electron chi connectivity index (χ4n) is 3.42. The van der Waals surface area contributed by atoms with E-state index in [2.05, 4.69) is 37.9 Å². The van der Waals surface area contributed by atoms with E-state index in [-0.39, 0.29) is 0 Å². The van der Waals surface area contributed by atoms with Crippen LogP contribution in [0.5, 0.6) is 0 Å². The molecule has 0 bridgehead atoms. The summed E-state index contributed by atoms with van der Waals surface area (Å²) in [5, 5.41) is 3.78. The van der Waals surface area contributed by atoms with Crippen LogP contribution in [0, 0.1) is 0 Å². The van der Waals surface area contributed by atoms with Gasteiger partial charge in [-0.1, -0.05) is 34.1 Å². The Bertz CT molecular complexity index is 229. The summed E-state index contributed by atoms with van der Waals surface area (Å²) < 4.78 is 5.84. The lowest BCUT2D eigenvalue weighted by Gasteiger charge is -2.37. The summed E-state index contributed by atoms with van der Waals surface area (Å²) >= 11 is 0. The van der Waals surface area contributed by atoms with Gasteiger partial charge >= 0.3 is 0 Å². The van der Waals surface area contributed by atoms with Gasteiger partial charge in [-0.3, -0.25) is 4.90 Å². The molecular formula is C17H36N2O. The molecule has 1 aliphatic heterocycles. The van der Waals surface area contributed by atoms with Crippen molar-refractivity contribution in [3.05, 3.63) is 0 Å². The van der Waals surface area contributed by atoms with Crippen molar-refractivity contribution in [1.29, 1.82) is 0 Å². The highest BCUT2D eigenvalue weighted by Gasteiger charge is 2.27. The van der Waals surface area contributed by atoms with Crippen molar-refractivity contribution in [2.75, 3.05) is 26.2 Å². The Morgan fingerprint density at radius 1 is 1.20 bits per heavy atom. The Morgan fingerprint density at radius 3 is 2.50 bits per heavy atom. The van der Waals surface area contributed by atoms with Crippen LogP contribution in [0.2, 0.25) is 0 Å². The van der Waals surface area contributed by atoms with Crippen LogP contribution in [0.4, 0.5) is 0 Å². The number of rotatable bonds is 11. The highest BCUT2D eigenvalue weighted by molar-refractivity contribution is 4.85. The molecular weight excluding hydrogens is 248 g/mol. The van der Waals surface area contributed by atoms with Gasteiger partial charge in [0.05, 0.1) is 6.10 Å². The molecule has 1 saturated heterocycles. The van der Waals surface area contributed by atoms with E-state index in [0.29, 0.717) is 18.2 Å². The fourth-order valence-corrected chi connectivity index (χ4v) is 3.42. The molecule has 1 heterocycles. The van der Waals surface area contributed by atoms with E-state index < -0.39 is 0 Å². The topological polar surface area (TPSA) is 24.5 Å². The van der Waals surface area contributed by atoms with Gasteiger partial charge in [-0.05, 0) is 45.2 Å². The molecule has 1 rings (SSSR count). The van der Waals surface area contributed by atoms with Crippen LogP contribution in [-0.2, 0) is 4.74 Å². The summed E-state index contributed by atoms with van der Waals surface area (Å²) in [5.41, 5.74) is 0. The van der Waals surface area contributed by atoms with Crippen LogP contribution in [-0.4, -0.2) is 49.3 Å². The standard InChI is InChI=1S/C17H36N2O/c1-5-10-16(18-12-6-2)17(7-3)19(8-4)14-15-11-9-13-20-15/h15-18H,5-14H2,1-4H3. The van der Waals surface area contributed by atoms with Gasteiger partial charge in [0.25, 0.3) is 0 Å². The molecule has 1 fully saturated rings. The molecule has 0 aromatic carbocycles. The first kappa shape index (κ1) is 17.9. The molecule has 0 aliphatic carbocycles. The molecule has 0 saturated carbocycles. The third kappa shape index (κ3) is 5.71. The second kappa shape index (κ2) is 10.6.